The molecular weight excluding hydrogens is 421 g/mol. The monoisotopic (exact) mass is 469 g/mol. The van der Waals surface area contributed by atoms with Crippen molar-refractivity contribution in [2.75, 3.05) is 0 Å². The topological polar surface area (TPSA) is 23.5 Å². The van der Waals surface area contributed by atoms with Crippen LogP contribution in [-0.2, 0) is 17.1 Å². The van der Waals surface area contributed by atoms with Crippen LogP contribution in [0.2, 0.25) is 0 Å². The van der Waals surface area contributed by atoms with Crippen molar-refractivity contribution in [1.29, 1.82) is 0 Å². The highest BCUT2D eigenvalue weighted by molar-refractivity contribution is 7.48. The highest BCUT2D eigenvalue weighted by atomic mass is 31.1. The van der Waals surface area contributed by atoms with Gasteiger partial charge >= 0.3 is 0 Å². The summed E-state index contributed by atoms with van der Waals surface area (Å²) in [5, 5.41) is 13.0. The number of rotatable bonds is 9. The van der Waals surface area contributed by atoms with E-state index < -0.39 is 0 Å². The molecule has 1 atom stereocenters. The first-order chi connectivity index (χ1) is 15.3. The molecule has 0 heterocycles. The second-order valence-corrected chi connectivity index (χ2v) is 13.0. The minimum atomic E-state index is -0.0932. The quantitative estimate of drug-likeness (QED) is 0.377. The first-order valence-electron chi connectivity index (χ1n) is 12.7. The summed E-state index contributed by atoms with van der Waals surface area (Å²) in [5.74, 6) is 0.505. The van der Waals surface area contributed by atoms with Gasteiger partial charge in [0.15, 0.2) is 0 Å². The maximum atomic E-state index is 11.6. The molecule has 0 saturated carbocycles. The highest BCUT2D eigenvalue weighted by Gasteiger charge is 2.35. The number of phenolic OH excluding ortho intramolecular Hbond substituents is 1. The molecular formula is C30H48NOP. The van der Waals surface area contributed by atoms with E-state index in [0.717, 1.165) is 30.5 Å². The van der Waals surface area contributed by atoms with Gasteiger partial charge in [0.1, 0.15) is 5.75 Å². The Hall–Kier alpha value is -1.37. The molecule has 0 fully saturated rings. The third-order valence-electron chi connectivity index (χ3n) is 7.19. The van der Waals surface area contributed by atoms with Crippen molar-refractivity contribution >= 4 is 13.9 Å². The first kappa shape index (κ1) is 27.9. The van der Waals surface area contributed by atoms with Gasteiger partial charge in [0.2, 0.25) is 0 Å². The zero-order valence-electron chi connectivity index (χ0n) is 23.1. The molecule has 1 N–H and O–H groups in total. The number of nitrogens with zero attached hydrogens (tertiary/aromatic N) is 1. The van der Waals surface area contributed by atoms with E-state index in [-0.39, 0.29) is 10.6 Å². The van der Waals surface area contributed by atoms with E-state index in [2.05, 4.69) is 111 Å². The molecule has 2 aromatic carbocycles. The van der Waals surface area contributed by atoms with Crippen LogP contribution >= 0.6 is 8.58 Å². The van der Waals surface area contributed by atoms with Crippen molar-refractivity contribution in [2.24, 2.45) is 0 Å². The lowest BCUT2D eigenvalue weighted by molar-refractivity contribution is 0.166. The number of hydrogen-bond acceptors (Lipinski definition) is 2. The molecule has 3 heteroatoms. The molecule has 0 saturated heterocycles. The molecule has 2 rings (SSSR count). The predicted molar refractivity (Wildman–Crippen MR) is 149 cm³/mol. The van der Waals surface area contributed by atoms with Gasteiger partial charge in [0.25, 0.3) is 0 Å². The zero-order chi connectivity index (χ0) is 25.1. The average molecular weight is 470 g/mol. The van der Waals surface area contributed by atoms with Crippen molar-refractivity contribution < 1.29 is 5.11 Å². The van der Waals surface area contributed by atoms with Crippen LogP contribution in [0.4, 0.5) is 0 Å². The first-order valence-corrected chi connectivity index (χ1v) is 13.7. The van der Waals surface area contributed by atoms with Crippen molar-refractivity contribution in [1.82, 2.24) is 4.90 Å². The standard InChI is InChI=1S/C30H48NOP/c1-12-30(13-2,26-18-22(7)17-25(27(26)32)29(9,10)11)33-28-23(8)15-14-16-24(28)19-31(20(3)4)21(5)6/h14-18,20-21,32-33H,12-13,19H2,1-11H3. The lowest BCUT2D eigenvalue weighted by atomic mass is 9.81. The lowest BCUT2D eigenvalue weighted by Crippen LogP contribution is -2.37. The van der Waals surface area contributed by atoms with E-state index in [1.807, 2.05) is 0 Å². The fourth-order valence-electron chi connectivity index (χ4n) is 5.03. The maximum Gasteiger partial charge on any atom is 0.123 e. The summed E-state index contributed by atoms with van der Waals surface area (Å²) in [7, 11) is 0.614. The Kier molecular flexibility index (Phi) is 9.22. The Morgan fingerprint density at radius 1 is 0.909 bits per heavy atom. The Balaban J connectivity index is 2.66. The predicted octanol–water partition coefficient (Wildman–Crippen LogP) is 7.94. The Bertz CT molecular complexity index is 927. The van der Waals surface area contributed by atoms with Crippen molar-refractivity contribution in [2.45, 2.75) is 118 Å². The van der Waals surface area contributed by atoms with Gasteiger partial charge in [-0.2, -0.15) is 0 Å². The van der Waals surface area contributed by atoms with Gasteiger partial charge in [-0.3, -0.25) is 4.90 Å². The Morgan fingerprint density at radius 3 is 1.94 bits per heavy atom. The zero-order valence-corrected chi connectivity index (χ0v) is 24.1. The minimum absolute atomic E-state index is 0.0720. The summed E-state index contributed by atoms with van der Waals surface area (Å²) in [4.78, 5) is 2.57. The number of aryl methyl sites for hydroxylation is 2. The van der Waals surface area contributed by atoms with E-state index in [1.165, 1.54) is 22.0 Å². The Labute approximate surface area is 206 Å². The molecule has 1 unspecified atom stereocenters. The second kappa shape index (κ2) is 10.9. The van der Waals surface area contributed by atoms with Crippen LogP contribution < -0.4 is 5.30 Å². The van der Waals surface area contributed by atoms with Crippen LogP contribution in [0.3, 0.4) is 0 Å². The van der Waals surface area contributed by atoms with Crippen molar-refractivity contribution in [3.63, 3.8) is 0 Å². The normalized spacial score (nSPS) is 13.3. The van der Waals surface area contributed by atoms with Crippen LogP contribution in [-0.4, -0.2) is 22.1 Å². The van der Waals surface area contributed by atoms with Crippen LogP contribution in [0.5, 0.6) is 5.75 Å². The highest BCUT2D eigenvalue weighted by Crippen LogP contribution is 2.52. The van der Waals surface area contributed by atoms with Crippen LogP contribution in [0.25, 0.3) is 0 Å². The largest absolute Gasteiger partial charge is 0.507 e. The maximum absolute atomic E-state index is 11.6. The van der Waals surface area contributed by atoms with Gasteiger partial charge in [0, 0.05) is 29.3 Å². The molecule has 0 bridgehead atoms. The number of benzene rings is 2. The van der Waals surface area contributed by atoms with Gasteiger partial charge in [-0.25, -0.2) is 0 Å². The second-order valence-electron chi connectivity index (χ2n) is 11.3. The summed E-state index contributed by atoms with van der Waals surface area (Å²) < 4.78 is 0. The van der Waals surface area contributed by atoms with E-state index in [9.17, 15) is 5.11 Å². The van der Waals surface area contributed by atoms with E-state index in [4.69, 9.17) is 0 Å². The van der Waals surface area contributed by atoms with Gasteiger partial charge in [-0.05, 0) is 81.8 Å². The van der Waals surface area contributed by atoms with Crippen LogP contribution in [0.1, 0.15) is 103 Å². The van der Waals surface area contributed by atoms with Crippen LogP contribution in [0.15, 0.2) is 30.3 Å². The van der Waals surface area contributed by atoms with E-state index in [0.29, 0.717) is 26.4 Å². The fourth-order valence-corrected chi connectivity index (χ4v) is 6.79. The van der Waals surface area contributed by atoms with Crippen LogP contribution in [0, 0.1) is 13.8 Å². The fraction of sp³-hybridized carbons (Fsp3) is 0.600. The molecule has 2 nitrogen and oxygen atoms in total. The average Bonchev–Trinajstić information content (AvgIpc) is 2.72. The third kappa shape index (κ3) is 6.20. The van der Waals surface area contributed by atoms with E-state index in [1.54, 1.807) is 0 Å². The van der Waals surface area contributed by atoms with Gasteiger partial charge in [-0.15, -0.1) is 0 Å². The Morgan fingerprint density at radius 2 is 1.45 bits per heavy atom. The minimum Gasteiger partial charge on any atom is -0.507 e. The summed E-state index contributed by atoms with van der Waals surface area (Å²) >= 11 is 0. The molecule has 0 aliphatic heterocycles. The summed E-state index contributed by atoms with van der Waals surface area (Å²) in [6.45, 7) is 25.7. The van der Waals surface area contributed by atoms with Crippen molar-refractivity contribution in [3.8, 4) is 5.75 Å². The van der Waals surface area contributed by atoms with Gasteiger partial charge in [-0.1, -0.05) is 79.1 Å². The smallest absolute Gasteiger partial charge is 0.123 e. The van der Waals surface area contributed by atoms with E-state index >= 15 is 0 Å². The molecule has 0 spiro atoms. The SMILES string of the molecule is CCC(CC)(Pc1c(C)cccc1CN(C(C)C)C(C)C)c1cc(C)cc(C(C)(C)C)c1O. The molecule has 0 radical (unpaired) electrons. The van der Waals surface area contributed by atoms with Gasteiger partial charge < -0.3 is 5.11 Å². The lowest BCUT2D eigenvalue weighted by Gasteiger charge is -2.37. The molecule has 0 aliphatic carbocycles. The third-order valence-corrected chi connectivity index (χ3v) is 9.61. The molecule has 0 aliphatic rings. The molecule has 0 aromatic heterocycles. The number of hydrogen-bond donors (Lipinski definition) is 1. The molecule has 33 heavy (non-hydrogen) atoms. The summed E-state index contributed by atoms with van der Waals surface area (Å²) in [5.41, 5.74) is 6.14. The number of aromatic hydroxyl groups is 1. The summed E-state index contributed by atoms with van der Waals surface area (Å²) in [6, 6.07) is 12.2. The molecule has 0 amide bonds. The molecule has 2 aromatic rings. The molecule has 184 valence electrons. The van der Waals surface area contributed by atoms with Crippen molar-refractivity contribution in [3.05, 3.63) is 58.1 Å². The summed E-state index contributed by atoms with van der Waals surface area (Å²) in [6.07, 6.45) is 2.02. The van der Waals surface area contributed by atoms with Gasteiger partial charge in [0.05, 0.1) is 0 Å². The number of phenols is 1.